The summed E-state index contributed by atoms with van der Waals surface area (Å²) in [6, 6.07) is 3.84. The predicted molar refractivity (Wildman–Crippen MR) is 62.5 cm³/mol. The van der Waals surface area contributed by atoms with Crippen molar-refractivity contribution in [2.24, 2.45) is 0 Å². The molecule has 0 aliphatic heterocycles. The van der Waals surface area contributed by atoms with Crippen LogP contribution in [0.3, 0.4) is 0 Å². The Kier molecular flexibility index (Phi) is 4.22. The number of allylic oxidation sites excluding steroid dienone is 1. The van der Waals surface area contributed by atoms with E-state index in [9.17, 15) is 5.11 Å². The molecule has 1 aromatic rings. The summed E-state index contributed by atoms with van der Waals surface area (Å²) in [5.41, 5.74) is 2.06. The van der Waals surface area contributed by atoms with Gasteiger partial charge in [-0.3, -0.25) is 0 Å². The molecule has 0 aliphatic carbocycles. The largest absolute Gasteiger partial charge is 0.504 e. The van der Waals surface area contributed by atoms with E-state index in [0.717, 1.165) is 30.4 Å². The number of phenolic OH excluding ortho intramolecular Hbond substituents is 1. The van der Waals surface area contributed by atoms with Gasteiger partial charge in [-0.05, 0) is 43.4 Å². The molecule has 0 unspecified atom stereocenters. The van der Waals surface area contributed by atoms with Crippen molar-refractivity contribution in [3.8, 4) is 11.5 Å². The van der Waals surface area contributed by atoms with Gasteiger partial charge >= 0.3 is 0 Å². The highest BCUT2D eigenvalue weighted by molar-refractivity contribution is 5.48. The lowest BCUT2D eigenvalue weighted by molar-refractivity contribution is 0.370. The molecule has 0 heterocycles. The van der Waals surface area contributed by atoms with Gasteiger partial charge in [0.05, 0.1) is 7.11 Å². The molecule has 0 saturated carbocycles. The number of aryl methyl sites for hydroxylation is 2. The lowest BCUT2D eigenvalue weighted by Crippen LogP contribution is -1.92. The highest BCUT2D eigenvalue weighted by Gasteiger charge is 2.08. The quantitative estimate of drug-likeness (QED) is 0.592. The Balaban J connectivity index is 2.86. The smallest absolute Gasteiger partial charge is 0.161 e. The fourth-order valence-corrected chi connectivity index (χ4v) is 1.60. The van der Waals surface area contributed by atoms with Crippen molar-refractivity contribution in [2.75, 3.05) is 7.11 Å². The molecule has 0 aliphatic rings. The van der Waals surface area contributed by atoms with Crippen molar-refractivity contribution in [1.29, 1.82) is 0 Å². The Morgan fingerprint density at radius 2 is 2.20 bits per heavy atom. The average molecular weight is 206 g/mol. The zero-order valence-electron chi connectivity index (χ0n) is 9.42. The maximum Gasteiger partial charge on any atom is 0.161 e. The molecule has 0 amide bonds. The van der Waals surface area contributed by atoms with E-state index >= 15 is 0 Å². The van der Waals surface area contributed by atoms with Crippen LogP contribution in [0.2, 0.25) is 0 Å². The third kappa shape index (κ3) is 3.01. The van der Waals surface area contributed by atoms with Crippen LogP contribution < -0.4 is 4.74 Å². The van der Waals surface area contributed by atoms with Crippen LogP contribution in [0.25, 0.3) is 0 Å². The van der Waals surface area contributed by atoms with Gasteiger partial charge in [-0.25, -0.2) is 0 Å². The normalized spacial score (nSPS) is 10.0. The zero-order chi connectivity index (χ0) is 11.3. The van der Waals surface area contributed by atoms with Crippen LogP contribution in [0.1, 0.15) is 24.0 Å². The van der Waals surface area contributed by atoms with Crippen molar-refractivity contribution in [3.05, 3.63) is 35.9 Å². The fraction of sp³-hybridized carbons (Fsp3) is 0.385. The number of rotatable bonds is 5. The van der Waals surface area contributed by atoms with Gasteiger partial charge in [0, 0.05) is 0 Å². The monoisotopic (exact) mass is 206 g/mol. The highest BCUT2D eigenvalue weighted by atomic mass is 16.5. The molecule has 15 heavy (non-hydrogen) atoms. The molecule has 0 spiro atoms. The minimum Gasteiger partial charge on any atom is -0.504 e. The summed E-state index contributed by atoms with van der Waals surface area (Å²) >= 11 is 0. The van der Waals surface area contributed by atoms with Crippen molar-refractivity contribution in [1.82, 2.24) is 0 Å². The number of aromatic hydroxyl groups is 1. The van der Waals surface area contributed by atoms with E-state index in [1.54, 1.807) is 7.11 Å². The first-order valence-corrected chi connectivity index (χ1v) is 5.16. The Morgan fingerprint density at radius 1 is 1.47 bits per heavy atom. The number of hydrogen-bond acceptors (Lipinski definition) is 2. The lowest BCUT2D eigenvalue weighted by atomic mass is 10.0. The van der Waals surface area contributed by atoms with E-state index in [0.29, 0.717) is 5.75 Å². The number of unbranched alkanes of at least 4 members (excludes halogenated alkanes) is 1. The van der Waals surface area contributed by atoms with E-state index in [2.05, 4.69) is 6.58 Å². The van der Waals surface area contributed by atoms with Crippen molar-refractivity contribution < 1.29 is 9.84 Å². The average Bonchev–Trinajstić information content (AvgIpc) is 2.23. The van der Waals surface area contributed by atoms with Crippen LogP contribution in [0.4, 0.5) is 0 Å². The van der Waals surface area contributed by atoms with Gasteiger partial charge in [-0.15, -0.1) is 6.58 Å². The molecule has 82 valence electrons. The minimum atomic E-state index is 0.271. The minimum absolute atomic E-state index is 0.271. The summed E-state index contributed by atoms with van der Waals surface area (Å²) in [6.45, 7) is 5.68. The molecule has 1 rings (SSSR count). The lowest BCUT2D eigenvalue weighted by Gasteiger charge is -2.10. The Hall–Kier alpha value is -1.44. The predicted octanol–water partition coefficient (Wildman–Crippen LogP) is 3.22. The van der Waals surface area contributed by atoms with Crippen LogP contribution >= 0.6 is 0 Å². The summed E-state index contributed by atoms with van der Waals surface area (Å²) in [6.07, 6.45) is 4.72. The third-order valence-electron chi connectivity index (χ3n) is 2.37. The molecular weight excluding hydrogens is 188 g/mol. The summed E-state index contributed by atoms with van der Waals surface area (Å²) < 4.78 is 5.10. The molecule has 2 nitrogen and oxygen atoms in total. The molecule has 2 heteroatoms. The number of methoxy groups -OCH3 is 1. The molecule has 0 saturated heterocycles. The fourth-order valence-electron chi connectivity index (χ4n) is 1.60. The molecule has 0 atom stereocenters. The van der Waals surface area contributed by atoms with Gasteiger partial charge in [0.2, 0.25) is 0 Å². The van der Waals surface area contributed by atoms with E-state index in [1.165, 1.54) is 0 Å². The van der Waals surface area contributed by atoms with Crippen LogP contribution in [-0.2, 0) is 6.42 Å². The molecule has 1 aromatic carbocycles. The summed E-state index contributed by atoms with van der Waals surface area (Å²) in [7, 11) is 1.57. The SMILES string of the molecule is C=CCCCc1cc(C)cc(OC)c1O. The molecule has 0 radical (unpaired) electrons. The molecule has 0 fully saturated rings. The van der Waals surface area contributed by atoms with E-state index in [-0.39, 0.29) is 5.75 Å². The summed E-state index contributed by atoms with van der Waals surface area (Å²) in [5.74, 6) is 0.829. The number of phenols is 1. The van der Waals surface area contributed by atoms with E-state index < -0.39 is 0 Å². The standard InChI is InChI=1S/C13H18O2/c1-4-5-6-7-11-8-10(2)9-12(15-3)13(11)14/h4,8-9,14H,1,5-7H2,2-3H3. The van der Waals surface area contributed by atoms with Crippen LogP contribution in [0.5, 0.6) is 11.5 Å². The van der Waals surface area contributed by atoms with Crippen LogP contribution in [-0.4, -0.2) is 12.2 Å². The van der Waals surface area contributed by atoms with Gasteiger partial charge in [0.1, 0.15) is 0 Å². The van der Waals surface area contributed by atoms with Crippen LogP contribution in [0.15, 0.2) is 24.8 Å². The molecule has 0 aromatic heterocycles. The van der Waals surface area contributed by atoms with Gasteiger partial charge < -0.3 is 9.84 Å². The van der Waals surface area contributed by atoms with Crippen molar-refractivity contribution >= 4 is 0 Å². The second-order valence-corrected chi connectivity index (χ2v) is 3.66. The van der Waals surface area contributed by atoms with Gasteiger partial charge in [0.25, 0.3) is 0 Å². The van der Waals surface area contributed by atoms with Gasteiger partial charge in [0.15, 0.2) is 11.5 Å². The summed E-state index contributed by atoms with van der Waals surface area (Å²) in [4.78, 5) is 0. The Labute approximate surface area is 91.2 Å². The first-order chi connectivity index (χ1) is 7.19. The molecule has 0 bridgehead atoms. The topological polar surface area (TPSA) is 29.5 Å². The number of ether oxygens (including phenoxy) is 1. The maximum atomic E-state index is 9.86. The Bertz CT molecular complexity index is 343. The van der Waals surface area contributed by atoms with Crippen molar-refractivity contribution in [3.63, 3.8) is 0 Å². The van der Waals surface area contributed by atoms with E-state index in [1.807, 2.05) is 25.1 Å². The molecular formula is C13H18O2. The second kappa shape index (κ2) is 5.44. The molecule has 1 N–H and O–H groups in total. The zero-order valence-corrected chi connectivity index (χ0v) is 9.42. The maximum absolute atomic E-state index is 9.86. The van der Waals surface area contributed by atoms with Crippen LogP contribution in [0, 0.1) is 6.92 Å². The number of benzene rings is 1. The van der Waals surface area contributed by atoms with E-state index in [4.69, 9.17) is 4.74 Å². The van der Waals surface area contributed by atoms with Gasteiger partial charge in [-0.1, -0.05) is 12.1 Å². The highest BCUT2D eigenvalue weighted by Crippen LogP contribution is 2.32. The second-order valence-electron chi connectivity index (χ2n) is 3.66. The first kappa shape index (κ1) is 11.6. The Morgan fingerprint density at radius 3 is 2.80 bits per heavy atom. The first-order valence-electron chi connectivity index (χ1n) is 5.16. The number of hydrogen-bond donors (Lipinski definition) is 1. The van der Waals surface area contributed by atoms with Crippen molar-refractivity contribution in [2.45, 2.75) is 26.2 Å². The third-order valence-corrected chi connectivity index (χ3v) is 2.37. The van der Waals surface area contributed by atoms with Gasteiger partial charge in [-0.2, -0.15) is 0 Å². The summed E-state index contributed by atoms with van der Waals surface area (Å²) in [5, 5.41) is 9.86.